The smallest absolute Gasteiger partial charge is 0.146 e. The molecule has 0 amide bonds. The lowest BCUT2D eigenvalue weighted by Gasteiger charge is -2.30. The van der Waals surface area contributed by atoms with Gasteiger partial charge in [-0.05, 0) is 48.9 Å². The summed E-state index contributed by atoms with van der Waals surface area (Å²) in [5.74, 6) is 1.16. The van der Waals surface area contributed by atoms with E-state index in [0.29, 0.717) is 11.8 Å². The number of unbranched alkanes of at least 4 members (excludes halogenated alkanes) is 4. The third-order valence-electron chi connectivity index (χ3n) is 6.23. The van der Waals surface area contributed by atoms with E-state index in [0.717, 1.165) is 55.4 Å². The van der Waals surface area contributed by atoms with Crippen molar-refractivity contribution in [2.45, 2.75) is 119 Å². The lowest BCUT2D eigenvalue weighted by atomic mass is 10.0. The number of nitrogens with zero attached hydrogens (tertiary/aromatic N) is 1. The summed E-state index contributed by atoms with van der Waals surface area (Å²) in [6, 6.07) is 0. The predicted molar refractivity (Wildman–Crippen MR) is 146 cm³/mol. The molecule has 0 rings (SSSR count). The van der Waals surface area contributed by atoms with E-state index in [1.54, 1.807) is 11.4 Å². The first-order valence-corrected chi connectivity index (χ1v) is 16.9. The maximum absolute atomic E-state index is 14.4. The Bertz CT molecular complexity index is 442. The summed E-state index contributed by atoms with van der Waals surface area (Å²) in [7, 11) is 0. The minimum Gasteiger partial charge on any atom is -0.357 e. The molecule has 180 valence electrons. The zero-order valence-corrected chi connectivity index (χ0v) is 23.6. The minimum atomic E-state index is -2.39. The first kappa shape index (κ1) is 30.5. The Morgan fingerprint density at radius 3 is 1.50 bits per heavy atom. The Morgan fingerprint density at radius 1 is 0.767 bits per heavy atom. The summed E-state index contributed by atoms with van der Waals surface area (Å²) in [4.78, 5) is 2.36. The van der Waals surface area contributed by atoms with Crippen molar-refractivity contribution in [2.24, 2.45) is 11.8 Å². The summed E-state index contributed by atoms with van der Waals surface area (Å²) in [5, 5.41) is 0. The Labute approximate surface area is 199 Å². The highest BCUT2D eigenvalue weighted by atomic mass is 32.7. The van der Waals surface area contributed by atoms with E-state index in [1.807, 2.05) is 0 Å². The normalized spacial score (nSPS) is 15.5. The number of hydrogen-bond donors (Lipinski definition) is 0. The van der Waals surface area contributed by atoms with E-state index in [1.165, 1.54) is 51.4 Å². The van der Waals surface area contributed by atoms with Crippen molar-refractivity contribution in [1.82, 2.24) is 4.90 Å². The maximum Gasteiger partial charge on any atom is 0.146 e. The van der Waals surface area contributed by atoms with Gasteiger partial charge in [0.05, 0.1) is 0 Å². The predicted octanol–water partition coefficient (Wildman–Crippen LogP) is 9.62. The molecule has 0 aromatic heterocycles. The molecule has 5 heteroatoms. The highest BCUT2D eigenvalue weighted by Crippen LogP contribution is 2.62. The molecule has 0 radical (unpaired) electrons. The van der Waals surface area contributed by atoms with Gasteiger partial charge < -0.3 is 9.46 Å². The molecule has 2 nitrogen and oxygen atoms in total. The van der Waals surface area contributed by atoms with Gasteiger partial charge in [0.25, 0.3) is 0 Å². The van der Waals surface area contributed by atoms with Gasteiger partial charge in [-0.15, -0.1) is 0 Å². The van der Waals surface area contributed by atoms with Crippen LogP contribution < -0.4 is 0 Å². The fourth-order valence-electron chi connectivity index (χ4n) is 3.96. The molecule has 0 fully saturated rings. The first-order valence-electron chi connectivity index (χ1n) is 13.0. The molecule has 0 aromatic rings. The van der Waals surface area contributed by atoms with Crippen LogP contribution in [0.15, 0.2) is 0 Å². The van der Waals surface area contributed by atoms with Crippen molar-refractivity contribution in [3.63, 3.8) is 0 Å². The molecule has 0 aromatic carbocycles. The molecule has 0 saturated heterocycles. The van der Waals surface area contributed by atoms with Gasteiger partial charge in [0, 0.05) is 25.4 Å². The van der Waals surface area contributed by atoms with Crippen molar-refractivity contribution >= 4 is 34.3 Å². The van der Waals surface area contributed by atoms with Crippen LogP contribution in [0.3, 0.4) is 0 Å². The molecule has 0 aliphatic rings. The summed E-state index contributed by atoms with van der Waals surface area (Å²) >= 11 is 7.54. The largest absolute Gasteiger partial charge is 0.357 e. The van der Waals surface area contributed by atoms with Crippen LogP contribution in [0.1, 0.15) is 119 Å². The summed E-state index contributed by atoms with van der Waals surface area (Å²) in [6.07, 6.45) is 13.7. The topological polar surface area (TPSA) is 20.3 Å². The molecule has 2 atom stereocenters. The maximum atomic E-state index is 14.4. The van der Waals surface area contributed by atoms with Gasteiger partial charge in [-0.25, -0.2) is 0 Å². The zero-order valence-electron chi connectivity index (χ0n) is 21.1. The van der Waals surface area contributed by atoms with Gasteiger partial charge in [0.1, 0.15) is 10.7 Å². The molecular weight excluding hydrogens is 425 g/mol. The van der Waals surface area contributed by atoms with Crippen molar-refractivity contribution in [3.05, 3.63) is 0 Å². The fraction of sp³-hybridized carbons (Fsp3) is 0.960. The van der Waals surface area contributed by atoms with Crippen LogP contribution in [-0.2, 0) is 4.57 Å². The highest BCUT2D eigenvalue weighted by Gasteiger charge is 2.32. The SMILES string of the molecule is CCCCC(CC)CP(=O)(CC(CC)CCCC)SC(=S)N(CCCC)CCCC. The molecular formula is C25H52NOPS2. The second-order valence-electron chi connectivity index (χ2n) is 9.06. The number of thiocarbonyl (C=S) groups is 1. The van der Waals surface area contributed by atoms with Gasteiger partial charge in [-0.1, -0.05) is 105 Å². The van der Waals surface area contributed by atoms with Crippen LogP contribution in [0.4, 0.5) is 0 Å². The van der Waals surface area contributed by atoms with Gasteiger partial charge in [0.15, 0.2) is 0 Å². The molecule has 0 bridgehead atoms. The summed E-state index contributed by atoms with van der Waals surface area (Å²) < 4.78 is 15.3. The van der Waals surface area contributed by atoms with Crippen molar-refractivity contribution < 1.29 is 4.57 Å². The quantitative estimate of drug-likeness (QED) is 0.136. The van der Waals surface area contributed by atoms with Gasteiger partial charge in [-0.2, -0.15) is 0 Å². The highest BCUT2D eigenvalue weighted by molar-refractivity contribution is 8.67. The third-order valence-corrected chi connectivity index (χ3v) is 12.4. The molecule has 0 aliphatic carbocycles. The standard InChI is InChI=1S/C25H52NOPS2/c1-7-13-17-23(11-5)21-28(27,22-24(12-6)18-14-8-2)30-25(29)26(19-15-9-3)20-16-10-4/h23-24H,7-22H2,1-6H3. The molecule has 0 aliphatic heterocycles. The summed E-state index contributed by atoms with van der Waals surface area (Å²) in [5.41, 5.74) is 0. The van der Waals surface area contributed by atoms with E-state index in [4.69, 9.17) is 12.2 Å². The lowest BCUT2D eigenvalue weighted by Crippen LogP contribution is -2.30. The second kappa shape index (κ2) is 19.0. The summed E-state index contributed by atoms with van der Waals surface area (Å²) in [6.45, 7) is 15.6. The number of rotatable bonds is 19. The average molecular weight is 478 g/mol. The molecule has 2 unspecified atom stereocenters. The van der Waals surface area contributed by atoms with E-state index in [-0.39, 0.29) is 0 Å². The van der Waals surface area contributed by atoms with Gasteiger partial charge >= 0.3 is 0 Å². The van der Waals surface area contributed by atoms with Gasteiger partial charge in [-0.3, -0.25) is 0 Å². The Balaban J connectivity index is 5.43. The fourth-order valence-corrected chi connectivity index (χ4v) is 11.6. The van der Waals surface area contributed by atoms with Crippen LogP contribution in [-0.4, -0.2) is 34.6 Å². The average Bonchev–Trinajstić information content (AvgIpc) is 2.74. The Hall–Kier alpha value is 0.470. The minimum absolute atomic E-state index is 0.578. The Morgan fingerprint density at radius 2 is 1.17 bits per heavy atom. The molecule has 30 heavy (non-hydrogen) atoms. The number of hydrogen-bond acceptors (Lipinski definition) is 3. The van der Waals surface area contributed by atoms with E-state index in [2.05, 4.69) is 46.4 Å². The van der Waals surface area contributed by atoms with Crippen molar-refractivity contribution in [2.75, 3.05) is 25.4 Å². The third kappa shape index (κ3) is 13.8. The van der Waals surface area contributed by atoms with Crippen LogP contribution in [0.5, 0.6) is 0 Å². The monoisotopic (exact) mass is 477 g/mol. The zero-order chi connectivity index (χ0) is 22.8. The lowest BCUT2D eigenvalue weighted by molar-refractivity contribution is 0.411. The molecule has 0 heterocycles. The van der Waals surface area contributed by atoms with E-state index in [9.17, 15) is 4.57 Å². The second-order valence-corrected chi connectivity index (χ2v) is 15.2. The van der Waals surface area contributed by atoms with E-state index >= 15 is 0 Å². The molecule has 0 spiro atoms. The van der Waals surface area contributed by atoms with Crippen LogP contribution in [0.25, 0.3) is 0 Å². The molecule has 0 N–H and O–H groups in total. The van der Waals surface area contributed by atoms with Crippen molar-refractivity contribution in [1.29, 1.82) is 0 Å². The molecule has 0 saturated carbocycles. The van der Waals surface area contributed by atoms with Crippen molar-refractivity contribution in [3.8, 4) is 0 Å². The first-order chi connectivity index (χ1) is 14.4. The van der Waals surface area contributed by atoms with Crippen LogP contribution in [0.2, 0.25) is 0 Å². The Kier molecular flexibility index (Phi) is 19.3. The van der Waals surface area contributed by atoms with Crippen LogP contribution >= 0.6 is 29.9 Å². The van der Waals surface area contributed by atoms with E-state index < -0.39 is 6.34 Å². The van der Waals surface area contributed by atoms with Gasteiger partial charge in [0.2, 0.25) is 0 Å². The van der Waals surface area contributed by atoms with Crippen LogP contribution in [0, 0.1) is 11.8 Å².